The van der Waals surface area contributed by atoms with Gasteiger partial charge in [-0.05, 0) is 55.7 Å². The van der Waals surface area contributed by atoms with E-state index < -0.39 is 6.04 Å². The van der Waals surface area contributed by atoms with Crippen LogP contribution in [0.3, 0.4) is 0 Å². The van der Waals surface area contributed by atoms with Gasteiger partial charge in [0.15, 0.2) is 6.61 Å². The van der Waals surface area contributed by atoms with Crippen LogP contribution in [-0.2, 0) is 16.1 Å². The number of rotatable bonds is 8. The Morgan fingerprint density at radius 2 is 1.69 bits per heavy atom. The van der Waals surface area contributed by atoms with Gasteiger partial charge in [-0.25, -0.2) is 0 Å². The second kappa shape index (κ2) is 10.5. The molecule has 0 saturated heterocycles. The molecule has 0 bridgehead atoms. The van der Waals surface area contributed by atoms with E-state index in [2.05, 4.69) is 5.32 Å². The van der Waals surface area contributed by atoms with Crippen molar-refractivity contribution in [2.24, 2.45) is 0 Å². The fourth-order valence-corrected chi connectivity index (χ4v) is 3.70. The van der Waals surface area contributed by atoms with Crippen molar-refractivity contribution in [2.45, 2.75) is 39.8 Å². The van der Waals surface area contributed by atoms with Crippen LogP contribution in [0.15, 0.2) is 36.4 Å². The number of carbonyl (C=O) groups is 2. The first-order valence-corrected chi connectivity index (χ1v) is 10.2. The molecule has 0 saturated carbocycles. The molecule has 1 N–H and O–H groups in total. The number of likely N-dealkylation sites (N-methyl/N-ethyl adjacent to an activating group) is 1. The van der Waals surface area contributed by atoms with Crippen LogP contribution < -0.4 is 10.1 Å². The first kappa shape index (κ1) is 23.0. The summed E-state index contributed by atoms with van der Waals surface area (Å²) in [6.07, 6.45) is 0.442. The van der Waals surface area contributed by atoms with Crippen LogP contribution in [0, 0.1) is 13.8 Å². The Balaban J connectivity index is 2.27. The van der Waals surface area contributed by atoms with Gasteiger partial charge >= 0.3 is 0 Å². The second-order valence-corrected chi connectivity index (χ2v) is 7.69. The third kappa shape index (κ3) is 6.12. The van der Waals surface area contributed by atoms with Crippen molar-refractivity contribution in [1.82, 2.24) is 10.2 Å². The van der Waals surface area contributed by atoms with Crippen molar-refractivity contribution >= 4 is 35.0 Å². The standard InChI is InChI=1S/C22H26Cl2N2O3/c1-5-20(22(28)25-4)26(12-17-18(23)7-6-8-19(17)24)21(27)13-29-16-10-14(2)9-15(3)11-16/h6-11,20H,5,12-13H2,1-4H3,(H,25,28)/t20-/m1/s1. The van der Waals surface area contributed by atoms with Crippen molar-refractivity contribution in [3.63, 3.8) is 0 Å². The largest absolute Gasteiger partial charge is 0.484 e. The average Bonchev–Trinajstić information content (AvgIpc) is 2.67. The van der Waals surface area contributed by atoms with E-state index in [1.54, 1.807) is 25.2 Å². The Bertz CT molecular complexity index is 846. The summed E-state index contributed by atoms with van der Waals surface area (Å²) in [5.74, 6) is 0.0330. The van der Waals surface area contributed by atoms with E-state index >= 15 is 0 Å². The number of nitrogens with zero attached hydrogens (tertiary/aromatic N) is 1. The summed E-state index contributed by atoms with van der Waals surface area (Å²) in [7, 11) is 1.54. The molecule has 7 heteroatoms. The Morgan fingerprint density at radius 1 is 1.10 bits per heavy atom. The van der Waals surface area contributed by atoms with Crippen molar-refractivity contribution in [3.05, 3.63) is 63.1 Å². The summed E-state index contributed by atoms with van der Waals surface area (Å²) in [6.45, 7) is 5.69. The van der Waals surface area contributed by atoms with Crippen LogP contribution in [0.2, 0.25) is 10.0 Å². The van der Waals surface area contributed by atoms with Crippen molar-refractivity contribution in [1.29, 1.82) is 0 Å². The Morgan fingerprint density at radius 3 is 2.21 bits per heavy atom. The molecule has 5 nitrogen and oxygen atoms in total. The first-order valence-electron chi connectivity index (χ1n) is 9.41. The number of aryl methyl sites for hydroxylation is 2. The normalized spacial score (nSPS) is 11.7. The number of hydrogen-bond acceptors (Lipinski definition) is 3. The lowest BCUT2D eigenvalue weighted by molar-refractivity contribution is -0.142. The SMILES string of the molecule is CC[C@H](C(=O)NC)N(Cc1c(Cl)cccc1Cl)C(=O)COc1cc(C)cc(C)c1. The summed E-state index contributed by atoms with van der Waals surface area (Å²) in [4.78, 5) is 26.9. The molecule has 156 valence electrons. The van der Waals surface area contributed by atoms with Crippen LogP contribution >= 0.6 is 23.2 Å². The maximum absolute atomic E-state index is 13.1. The molecule has 0 aliphatic rings. The topological polar surface area (TPSA) is 58.6 Å². The van der Waals surface area contributed by atoms with E-state index in [1.807, 2.05) is 39.0 Å². The third-order valence-electron chi connectivity index (χ3n) is 4.58. The van der Waals surface area contributed by atoms with E-state index in [-0.39, 0.29) is 25.0 Å². The highest BCUT2D eigenvalue weighted by Gasteiger charge is 2.29. The fourth-order valence-electron chi connectivity index (χ4n) is 3.18. The Labute approximate surface area is 181 Å². The Hall–Kier alpha value is -2.24. The van der Waals surface area contributed by atoms with Gasteiger partial charge in [0.05, 0.1) is 0 Å². The summed E-state index contributed by atoms with van der Waals surface area (Å²) >= 11 is 12.6. The highest BCUT2D eigenvalue weighted by molar-refractivity contribution is 6.36. The van der Waals surface area contributed by atoms with E-state index in [9.17, 15) is 9.59 Å². The quantitative estimate of drug-likeness (QED) is 0.660. The van der Waals surface area contributed by atoms with Crippen molar-refractivity contribution < 1.29 is 14.3 Å². The molecule has 0 spiro atoms. The minimum atomic E-state index is -0.664. The molecule has 2 amide bonds. The Kier molecular flexibility index (Phi) is 8.35. The van der Waals surface area contributed by atoms with Crippen LogP contribution in [0.25, 0.3) is 0 Å². The summed E-state index contributed by atoms with van der Waals surface area (Å²) in [6, 6.07) is 10.2. The predicted octanol–water partition coefficient (Wildman–Crippen LogP) is 4.54. The molecular formula is C22H26Cl2N2O3. The molecular weight excluding hydrogens is 411 g/mol. The van der Waals surface area contributed by atoms with Gasteiger partial charge in [-0.2, -0.15) is 0 Å². The average molecular weight is 437 g/mol. The number of carbonyl (C=O) groups excluding carboxylic acids is 2. The number of halogens is 2. The third-order valence-corrected chi connectivity index (χ3v) is 5.29. The maximum Gasteiger partial charge on any atom is 0.261 e. The zero-order valence-electron chi connectivity index (χ0n) is 17.1. The van der Waals surface area contributed by atoms with Crippen molar-refractivity contribution in [3.8, 4) is 5.75 Å². The van der Waals surface area contributed by atoms with Gasteiger partial charge in [0, 0.05) is 29.2 Å². The van der Waals surface area contributed by atoms with Crippen LogP contribution in [0.5, 0.6) is 5.75 Å². The van der Waals surface area contributed by atoms with Crippen LogP contribution in [0.4, 0.5) is 0 Å². The van der Waals surface area contributed by atoms with Gasteiger partial charge in [-0.1, -0.05) is 42.3 Å². The molecule has 1 atom stereocenters. The minimum absolute atomic E-state index is 0.111. The highest BCUT2D eigenvalue weighted by Crippen LogP contribution is 2.27. The van der Waals surface area contributed by atoms with Gasteiger partial charge in [0.1, 0.15) is 11.8 Å². The molecule has 0 aliphatic heterocycles. The van der Waals surface area contributed by atoms with E-state index in [1.165, 1.54) is 4.90 Å². The molecule has 0 radical (unpaired) electrons. The van der Waals surface area contributed by atoms with Gasteiger partial charge in [-0.3, -0.25) is 9.59 Å². The number of amides is 2. The zero-order valence-corrected chi connectivity index (χ0v) is 18.6. The van der Waals surface area contributed by atoms with Gasteiger partial charge in [0.25, 0.3) is 5.91 Å². The number of nitrogens with one attached hydrogen (secondary N) is 1. The molecule has 0 aromatic heterocycles. The molecule has 0 aliphatic carbocycles. The van der Waals surface area contributed by atoms with Gasteiger partial charge < -0.3 is 15.0 Å². The molecule has 29 heavy (non-hydrogen) atoms. The van der Waals surface area contributed by atoms with E-state index in [0.717, 1.165) is 11.1 Å². The number of benzene rings is 2. The first-order chi connectivity index (χ1) is 13.8. The maximum atomic E-state index is 13.1. The zero-order chi connectivity index (χ0) is 21.6. The minimum Gasteiger partial charge on any atom is -0.484 e. The molecule has 0 heterocycles. The molecule has 2 aromatic carbocycles. The highest BCUT2D eigenvalue weighted by atomic mass is 35.5. The summed E-state index contributed by atoms with van der Waals surface area (Å²) < 4.78 is 5.73. The van der Waals surface area contributed by atoms with Crippen molar-refractivity contribution in [2.75, 3.05) is 13.7 Å². The molecule has 2 rings (SSSR count). The fraction of sp³-hybridized carbons (Fsp3) is 0.364. The van der Waals surface area contributed by atoms with Crippen LogP contribution in [-0.4, -0.2) is 36.4 Å². The molecule has 2 aromatic rings. The van der Waals surface area contributed by atoms with E-state index in [4.69, 9.17) is 27.9 Å². The predicted molar refractivity (Wildman–Crippen MR) is 117 cm³/mol. The number of ether oxygens (including phenoxy) is 1. The molecule has 0 unspecified atom stereocenters. The summed E-state index contributed by atoms with van der Waals surface area (Å²) in [5, 5.41) is 3.50. The van der Waals surface area contributed by atoms with E-state index in [0.29, 0.717) is 27.8 Å². The smallest absolute Gasteiger partial charge is 0.261 e. The lowest BCUT2D eigenvalue weighted by Gasteiger charge is -2.30. The lowest BCUT2D eigenvalue weighted by atomic mass is 10.1. The van der Waals surface area contributed by atoms with Crippen LogP contribution in [0.1, 0.15) is 30.0 Å². The monoisotopic (exact) mass is 436 g/mol. The lowest BCUT2D eigenvalue weighted by Crippen LogP contribution is -2.49. The summed E-state index contributed by atoms with van der Waals surface area (Å²) in [5.41, 5.74) is 2.69. The van der Waals surface area contributed by atoms with Gasteiger partial charge in [0.2, 0.25) is 5.91 Å². The second-order valence-electron chi connectivity index (χ2n) is 6.87. The molecule has 0 fully saturated rings. The number of hydrogen-bond donors (Lipinski definition) is 1. The van der Waals surface area contributed by atoms with Gasteiger partial charge in [-0.15, -0.1) is 0 Å².